The van der Waals surface area contributed by atoms with Crippen LogP contribution in [0.5, 0.6) is 0 Å². The molecular weight excluding hydrogens is 368 g/mol. The van der Waals surface area contributed by atoms with Crippen LogP contribution in [0.2, 0.25) is 0 Å². The number of para-hydroxylation sites is 2. The van der Waals surface area contributed by atoms with Gasteiger partial charge in [0, 0.05) is 45.8 Å². The van der Waals surface area contributed by atoms with Gasteiger partial charge in [-0.15, -0.1) is 0 Å². The van der Waals surface area contributed by atoms with Gasteiger partial charge in [0.15, 0.2) is 0 Å². The molecule has 0 aliphatic heterocycles. The summed E-state index contributed by atoms with van der Waals surface area (Å²) in [5.74, 6) is 0. The van der Waals surface area contributed by atoms with E-state index in [1.807, 2.05) is 24.7 Å². The minimum atomic E-state index is 0.930. The van der Waals surface area contributed by atoms with E-state index in [9.17, 15) is 0 Å². The first-order chi connectivity index (χ1) is 14.9. The molecule has 0 aliphatic rings. The number of fused-ring (bicyclic) bond motifs is 9. The molecule has 0 spiro atoms. The Labute approximate surface area is 171 Å². The second-order valence-corrected chi connectivity index (χ2v) is 7.60. The molecule has 7 rings (SSSR count). The summed E-state index contributed by atoms with van der Waals surface area (Å²) in [5, 5.41) is 5.92. The topological polar surface area (TPSA) is 35.1 Å². The molecule has 0 bridgehead atoms. The Morgan fingerprint density at radius 2 is 1.30 bits per heavy atom. The normalized spacial score (nSPS) is 12.0. The highest BCUT2D eigenvalue weighted by atomic mass is 15.0. The van der Waals surface area contributed by atoms with Crippen LogP contribution in [0.1, 0.15) is 0 Å². The third-order valence-corrected chi connectivity index (χ3v) is 6.01. The van der Waals surface area contributed by atoms with Crippen LogP contribution >= 0.6 is 0 Å². The third kappa shape index (κ3) is 1.95. The van der Waals surface area contributed by atoms with Crippen molar-refractivity contribution in [1.29, 1.82) is 0 Å². The first-order valence-electron chi connectivity index (χ1n) is 10.0. The van der Waals surface area contributed by atoms with Crippen molar-refractivity contribution in [1.82, 2.24) is 18.9 Å². The van der Waals surface area contributed by atoms with E-state index < -0.39 is 0 Å². The molecular formula is C26H16N4. The first-order valence-corrected chi connectivity index (χ1v) is 10.0. The molecule has 0 radical (unpaired) electrons. The predicted octanol–water partition coefficient (Wildman–Crippen LogP) is 6.13. The molecule has 0 aliphatic carbocycles. The van der Waals surface area contributed by atoms with Crippen molar-refractivity contribution in [3.8, 4) is 5.69 Å². The van der Waals surface area contributed by atoms with Gasteiger partial charge in [-0.2, -0.15) is 0 Å². The maximum atomic E-state index is 4.66. The summed E-state index contributed by atoms with van der Waals surface area (Å²) < 4.78 is 4.43. The fraction of sp³-hybridized carbons (Fsp3) is 0. The molecule has 3 aromatic carbocycles. The van der Waals surface area contributed by atoms with Crippen molar-refractivity contribution >= 4 is 49.3 Å². The van der Waals surface area contributed by atoms with Crippen LogP contribution in [0.3, 0.4) is 0 Å². The van der Waals surface area contributed by atoms with E-state index in [1.165, 1.54) is 27.2 Å². The zero-order chi connectivity index (χ0) is 19.7. The molecule has 0 N–H and O–H groups in total. The first kappa shape index (κ1) is 15.7. The molecule has 140 valence electrons. The lowest BCUT2D eigenvalue weighted by Crippen LogP contribution is -1.95. The van der Waals surface area contributed by atoms with Crippen LogP contribution in [0.4, 0.5) is 0 Å². The van der Waals surface area contributed by atoms with Crippen LogP contribution < -0.4 is 0 Å². The van der Waals surface area contributed by atoms with Gasteiger partial charge >= 0.3 is 0 Å². The number of imidazole rings is 1. The van der Waals surface area contributed by atoms with E-state index in [0.717, 1.165) is 27.8 Å². The van der Waals surface area contributed by atoms with Gasteiger partial charge in [-0.05, 0) is 47.9 Å². The molecule has 4 nitrogen and oxygen atoms in total. The SMILES string of the molecule is c1ccc(-n2c3ccccc3c3cc4c(cc32)c2cccnc2n2ccnc42)cc1. The van der Waals surface area contributed by atoms with Crippen molar-refractivity contribution < 1.29 is 0 Å². The molecule has 4 heteroatoms. The van der Waals surface area contributed by atoms with E-state index in [0.29, 0.717) is 0 Å². The summed E-state index contributed by atoms with van der Waals surface area (Å²) in [4.78, 5) is 9.32. The van der Waals surface area contributed by atoms with Gasteiger partial charge in [0.1, 0.15) is 11.3 Å². The largest absolute Gasteiger partial charge is 0.309 e. The van der Waals surface area contributed by atoms with Crippen LogP contribution in [-0.2, 0) is 0 Å². The van der Waals surface area contributed by atoms with E-state index >= 15 is 0 Å². The lowest BCUT2D eigenvalue weighted by molar-refractivity contribution is 1.18. The third-order valence-electron chi connectivity index (χ3n) is 6.01. The molecule has 7 aromatic rings. The Kier molecular flexibility index (Phi) is 2.97. The number of nitrogens with zero attached hydrogens (tertiary/aromatic N) is 4. The molecule has 4 aromatic heterocycles. The second kappa shape index (κ2) is 5.67. The number of benzene rings is 3. The van der Waals surface area contributed by atoms with Gasteiger partial charge in [-0.3, -0.25) is 4.40 Å². The van der Waals surface area contributed by atoms with E-state index in [2.05, 4.69) is 91.7 Å². The predicted molar refractivity (Wildman–Crippen MR) is 122 cm³/mol. The van der Waals surface area contributed by atoms with Crippen LogP contribution in [0.25, 0.3) is 54.9 Å². The fourth-order valence-electron chi connectivity index (χ4n) is 4.75. The van der Waals surface area contributed by atoms with E-state index in [1.54, 1.807) is 0 Å². The summed E-state index contributed by atoms with van der Waals surface area (Å²) in [5.41, 5.74) is 5.42. The Morgan fingerprint density at radius 3 is 2.23 bits per heavy atom. The molecule has 0 saturated heterocycles. The summed E-state index contributed by atoms with van der Waals surface area (Å²) in [7, 11) is 0. The number of rotatable bonds is 1. The van der Waals surface area contributed by atoms with Crippen molar-refractivity contribution in [3.63, 3.8) is 0 Å². The minimum Gasteiger partial charge on any atom is -0.309 e. The maximum Gasteiger partial charge on any atom is 0.146 e. The van der Waals surface area contributed by atoms with Crippen LogP contribution in [-0.4, -0.2) is 18.9 Å². The van der Waals surface area contributed by atoms with Gasteiger partial charge in [-0.25, -0.2) is 9.97 Å². The smallest absolute Gasteiger partial charge is 0.146 e. The Balaban J connectivity index is 1.78. The Hall–Kier alpha value is -4.18. The number of hydrogen-bond acceptors (Lipinski definition) is 2. The molecule has 0 unspecified atom stereocenters. The van der Waals surface area contributed by atoms with Crippen molar-refractivity contribution in [2.45, 2.75) is 0 Å². The summed E-state index contributed by atoms with van der Waals surface area (Å²) in [6.45, 7) is 0. The van der Waals surface area contributed by atoms with Gasteiger partial charge in [0.05, 0.1) is 11.0 Å². The second-order valence-electron chi connectivity index (χ2n) is 7.60. The highest BCUT2D eigenvalue weighted by Gasteiger charge is 2.16. The van der Waals surface area contributed by atoms with E-state index in [4.69, 9.17) is 0 Å². The standard InChI is InChI=1S/C26H16N4/c1-2-7-17(8-3-1)30-23-11-5-4-9-18(23)21-15-22-20(16-24(21)30)19-10-6-12-27-25(19)29-14-13-28-26(22)29/h1-16H. The molecule has 30 heavy (non-hydrogen) atoms. The summed E-state index contributed by atoms with van der Waals surface area (Å²) in [6.07, 6.45) is 5.68. The zero-order valence-electron chi connectivity index (χ0n) is 16.0. The fourth-order valence-corrected chi connectivity index (χ4v) is 4.75. The van der Waals surface area contributed by atoms with Crippen LogP contribution in [0.15, 0.2) is 97.5 Å². The molecule has 0 amide bonds. The quantitative estimate of drug-likeness (QED) is 0.319. The molecule has 0 fully saturated rings. The number of hydrogen-bond donors (Lipinski definition) is 0. The highest BCUT2D eigenvalue weighted by molar-refractivity contribution is 6.20. The van der Waals surface area contributed by atoms with Crippen molar-refractivity contribution in [3.05, 3.63) is 97.5 Å². The molecule has 4 heterocycles. The van der Waals surface area contributed by atoms with E-state index in [-0.39, 0.29) is 0 Å². The number of pyridine rings is 2. The van der Waals surface area contributed by atoms with Gasteiger partial charge in [0.25, 0.3) is 0 Å². The van der Waals surface area contributed by atoms with Gasteiger partial charge < -0.3 is 4.57 Å². The minimum absolute atomic E-state index is 0.930. The lowest BCUT2D eigenvalue weighted by Gasteiger charge is -2.10. The highest BCUT2D eigenvalue weighted by Crippen LogP contribution is 2.37. The molecule has 0 saturated carbocycles. The van der Waals surface area contributed by atoms with Gasteiger partial charge in [-0.1, -0.05) is 36.4 Å². The Morgan fingerprint density at radius 1 is 0.533 bits per heavy atom. The summed E-state index contributed by atoms with van der Waals surface area (Å²) in [6, 6.07) is 27.9. The number of aromatic nitrogens is 4. The monoisotopic (exact) mass is 384 g/mol. The summed E-state index contributed by atoms with van der Waals surface area (Å²) >= 11 is 0. The maximum absolute atomic E-state index is 4.66. The Bertz CT molecular complexity index is 1740. The average Bonchev–Trinajstić information content (AvgIpc) is 3.42. The van der Waals surface area contributed by atoms with Crippen molar-refractivity contribution in [2.24, 2.45) is 0 Å². The zero-order valence-corrected chi connectivity index (χ0v) is 16.0. The lowest BCUT2D eigenvalue weighted by atomic mass is 10.0. The average molecular weight is 384 g/mol. The molecule has 0 atom stereocenters. The van der Waals surface area contributed by atoms with Gasteiger partial charge in [0.2, 0.25) is 0 Å². The van der Waals surface area contributed by atoms with Crippen LogP contribution in [0, 0.1) is 0 Å². The van der Waals surface area contributed by atoms with Crippen molar-refractivity contribution in [2.75, 3.05) is 0 Å².